The summed E-state index contributed by atoms with van der Waals surface area (Å²) in [5.74, 6) is -1.30. The van der Waals surface area contributed by atoms with Gasteiger partial charge in [0, 0.05) is 30.7 Å². The average Bonchev–Trinajstić information content (AvgIpc) is 2.64. The standard InChI is InChI=1S/C18H19N3O5/c1-10-8-12-14(17(23)21(10)6-7-22)13(11-4-3-5-20-9-11)15(16(19)26-12)18(24)25-2/h3-5,8-9,13,22H,6-7,19H2,1-2H3/t13-/m0/s1. The number of esters is 1. The molecule has 1 atom stereocenters. The molecule has 0 saturated heterocycles. The number of rotatable bonds is 4. The second-order valence-electron chi connectivity index (χ2n) is 5.83. The molecule has 8 nitrogen and oxygen atoms in total. The number of ether oxygens (including phenoxy) is 2. The molecule has 0 saturated carbocycles. The number of fused-ring (bicyclic) bond motifs is 1. The van der Waals surface area contributed by atoms with Gasteiger partial charge in [0.1, 0.15) is 11.3 Å². The lowest BCUT2D eigenvalue weighted by molar-refractivity contribution is -0.136. The van der Waals surface area contributed by atoms with Crippen molar-refractivity contribution < 1.29 is 19.4 Å². The number of pyridine rings is 2. The molecule has 3 N–H and O–H groups in total. The summed E-state index contributed by atoms with van der Waals surface area (Å²) in [6.45, 7) is 1.67. The molecule has 2 aromatic rings. The Bertz CT molecular complexity index is 934. The molecule has 0 spiro atoms. The van der Waals surface area contributed by atoms with Gasteiger partial charge in [-0.2, -0.15) is 0 Å². The number of nitrogens with two attached hydrogens (primary N) is 1. The largest absolute Gasteiger partial charge is 0.465 e. The van der Waals surface area contributed by atoms with Crippen molar-refractivity contribution in [1.82, 2.24) is 9.55 Å². The molecule has 0 bridgehead atoms. The minimum absolute atomic E-state index is 0.0458. The van der Waals surface area contributed by atoms with Crippen molar-refractivity contribution in [2.75, 3.05) is 13.7 Å². The van der Waals surface area contributed by atoms with Crippen molar-refractivity contribution in [3.05, 3.63) is 69.2 Å². The van der Waals surface area contributed by atoms with E-state index in [1.807, 2.05) is 0 Å². The number of aliphatic hydroxyl groups is 1. The fourth-order valence-electron chi connectivity index (χ4n) is 3.15. The predicted octanol–water partition coefficient (Wildman–Crippen LogP) is 0.412. The molecular weight excluding hydrogens is 338 g/mol. The maximum Gasteiger partial charge on any atom is 0.340 e. The van der Waals surface area contributed by atoms with Crippen molar-refractivity contribution in [3.8, 4) is 5.75 Å². The van der Waals surface area contributed by atoms with Crippen LogP contribution in [0.5, 0.6) is 5.75 Å². The van der Waals surface area contributed by atoms with Crippen LogP contribution in [-0.2, 0) is 16.1 Å². The predicted molar refractivity (Wildman–Crippen MR) is 92.5 cm³/mol. The maximum atomic E-state index is 13.1. The molecule has 8 heteroatoms. The van der Waals surface area contributed by atoms with Crippen molar-refractivity contribution >= 4 is 5.97 Å². The van der Waals surface area contributed by atoms with Gasteiger partial charge in [0.2, 0.25) is 5.88 Å². The fraction of sp³-hybridized carbons (Fsp3) is 0.278. The first-order chi connectivity index (χ1) is 12.5. The lowest BCUT2D eigenvalue weighted by Gasteiger charge is -2.28. The number of aliphatic hydroxyl groups excluding tert-OH is 1. The highest BCUT2D eigenvalue weighted by Crippen LogP contribution is 2.40. The quantitative estimate of drug-likeness (QED) is 0.761. The minimum Gasteiger partial charge on any atom is -0.465 e. The number of methoxy groups -OCH3 is 1. The van der Waals surface area contributed by atoms with Gasteiger partial charge < -0.3 is 24.9 Å². The molecule has 2 aromatic heterocycles. The van der Waals surface area contributed by atoms with E-state index in [1.165, 1.54) is 11.7 Å². The Kier molecular flexibility index (Phi) is 4.77. The third kappa shape index (κ3) is 2.84. The summed E-state index contributed by atoms with van der Waals surface area (Å²) in [6, 6.07) is 5.12. The third-order valence-electron chi connectivity index (χ3n) is 4.32. The smallest absolute Gasteiger partial charge is 0.340 e. The van der Waals surface area contributed by atoms with Gasteiger partial charge in [0.05, 0.1) is 25.2 Å². The lowest BCUT2D eigenvalue weighted by atomic mass is 9.84. The third-order valence-corrected chi connectivity index (χ3v) is 4.32. The van der Waals surface area contributed by atoms with E-state index in [0.29, 0.717) is 11.3 Å². The van der Waals surface area contributed by atoms with E-state index in [-0.39, 0.29) is 41.5 Å². The van der Waals surface area contributed by atoms with Crippen LogP contribution < -0.4 is 16.0 Å². The number of aromatic nitrogens is 2. The topological polar surface area (TPSA) is 117 Å². The Balaban J connectivity index is 2.32. The van der Waals surface area contributed by atoms with E-state index in [2.05, 4.69) is 4.98 Å². The Morgan fingerprint density at radius 2 is 2.27 bits per heavy atom. The minimum atomic E-state index is -0.780. The summed E-state index contributed by atoms with van der Waals surface area (Å²) in [5, 5.41) is 9.27. The first-order valence-corrected chi connectivity index (χ1v) is 8.00. The van der Waals surface area contributed by atoms with E-state index in [1.54, 1.807) is 37.5 Å². The number of hydrogen-bond acceptors (Lipinski definition) is 7. The first-order valence-electron chi connectivity index (χ1n) is 8.00. The van der Waals surface area contributed by atoms with E-state index in [0.717, 1.165) is 0 Å². The molecule has 0 aromatic carbocycles. The number of aryl methyl sites for hydroxylation is 1. The Morgan fingerprint density at radius 3 is 2.88 bits per heavy atom. The van der Waals surface area contributed by atoms with Crippen molar-refractivity contribution in [2.24, 2.45) is 5.73 Å². The monoisotopic (exact) mass is 357 g/mol. The molecule has 26 heavy (non-hydrogen) atoms. The SMILES string of the molecule is COC(=O)C1=C(N)Oc2cc(C)n(CCO)c(=O)c2[C@@H]1c1cccnc1. The second kappa shape index (κ2) is 7.01. The van der Waals surface area contributed by atoms with Crippen LogP contribution in [-0.4, -0.2) is 34.3 Å². The molecule has 1 aliphatic heterocycles. The fourth-order valence-corrected chi connectivity index (χ4v) is 3.15. The molecule has 0 amide bonds. The van der Waals surface area contributed by atoms with Crippen LogP contribution in [0.15, 0.2) is 46.8 Å². The second-order valence-corrected chi connectivity index (χ2v) is 5.83. The number of carbonyl (C=O) groups excluding carboxylic acids is 1. The summed E-state index contributed by atoms with van der Waals surface area (Å²) >= 11 is 0. The zero-order valence-corrected chi connectivity index (χ0v) is 14.4. The summed E-state index contributed by atoms with van der Waals surface area (Å²) in [4.78, 5) is 29.5. The Hall–Kier alpha value is -3.13. The highest BCUT2D eigenvalue weighted by molar-refractivity contribution is 5.92. The van der Waals surface area contributed by atoms with Gasteiger partial charge in [-0.1, -0.05) is 6.07 Å². The summed E-state index contributed by atoms with van der Waals surface area (Å²) < 4.78 is 11.8. The van der Waals surface area contributed by atoms with Gasteiger partial charge >= 0.3 is 5.97 Å². The van der Waals surface area contributed by atoms with E-state index in [9.17, 15) is 14.7 Å². The number of nitrogens with zero attached hydrogens (tertiary/aromatic N) is 2. The average molecular weight is 357 g/mol. The zero-order valence-electron chi connectivity index (χ0n) is 14.4. The van der Waals surface area contributed by atoms with Crippen LogP contribution in [0.2, 0.25) is 0 Å². The molecule has 0 aliphatic carbocycles. The van der Waals surface area contributed by atoms with Crippen LogP contribution in [0, 0.1) is 6.92 Å². The Labute approximate surface area is 149 Å². The van der Waals surface area contributed by atoms with Crippen molar-refractivity contribution in [3.63, 3.8) is 0 Å². The van der Waals surface area contributed by atoms with Crippen molar-refractivity contribution in [2.45, 2.75) is 19.4 Å². The highest BCUT2D eigenvalue weighted by Gasteiger charge is 2.38. The number of hydrogen-bond donors (Lipinski definition) is 2. The summed E-state index contributed by atoms with van der Waals surface area (Å²) in [7, 11) is 1.23. The van der Waals surface area contributed by atoms with Gasteiger partial charge in [-0.15, -0.1) is 0 Å². The molecule has 0 fully saturated rings. The van der Waals surface area contributed by atoms with Crippen LogP contribution in [0.4, 0.5) is 0 Å². The van der Waals surface area contributed by atoms with E-state index < -0.39 is 11.9 Å². The van der Waals surface area contributed by atoms with Crippen LogP contribution in [0.3, 0.4) is 0 Å². The van der Waals surface area contributed by atoms with Gasteiger partial charge in [0.15, 0.2) is 0 Å². The van der Waals surface area contributed by atoms with Crippen LogP contribution >= 0.6 is 0 Å². The van der Waals surface area contributed by atoms with Gasteiger partial charge in [-0.05, 0) is 18.6 Å². The van der Waals surface area contributed by atoms with Crippen LogP contribution in [0.25, 0.3) is 0 Å². The molecule has 136 valence electrons. The molecule has 1 aliphatic rings. The van der Waals surface area contributed by atoms with Gasteiger partial charge in [0.25, 0.3) is 5.56 Å². The van der Waals surface area contributed by atoms with E-state index in [4.69, 9.17) is 15.2 Å². The molecule has 3 rings (SSSR count). The zero-order chi connectivity index (χ0) is 18.8. The molecule has 0 radical (unpaired) electrons. The first kappa shape index (κ1) is 17.7. The normalized spacial score (nSPS) is 16.0. The van der Waals surface area contributed by atoms with Gasteiger partial charge in [-0.25, -0.2) is 4.79 Å². The van der Waals surface area contributed by atoms with E-state index >= 15 is 0 Å². The van der Waals surface area contributed by atoms with Crippen molar-refractivity contribution in [1.29, 1.82) is 0 Å². The summed E-state index contributed by atoms with van der Waals surface area (Å²) in [5.41, 5.74) is 7.14. The van der Waals surface area contributed by atoms with Gasteiger partial charge in [-0.3, -0.25) is 9.78 Å². The summed E-state index contributed by atoms with van der Waals surface area (Å²) in [6.07, 6.45) is 3.15. The molecule has 0 unspecified atom stereocenters. The maximum absolute atomic E-state index is 13.1. The lowest BCUT2D eigenvalue weighted by Crippen LogP contribution is -2.35. The Morgan fingerprint density at radius 1 is 1.50 bits per heavy atom. The molecular formula is C18H19N3O5. The van der Waals surface area contributed by atoms with Crippen LogP contribution in [0.1, 0.15) is 22.7 Å². The number of carbonyl (C=O) groups is 1. The molecule has 3 heterocycles. The highest BCUT2D eigenvalue weighted by atomic mass is 16.5.